The summed E-state index contributed by atoms with van der Waals surface area (Å²) < 4.78 is 27.9. The van der Waals surface area contributed by atoms with Crippen molar-refractivity contribution in [2.24, 2.45) is 0 Å². The summed E-state index contributed by atoms with van der Waals surface area (Å²) in [7, 11) is 3.41. The lowest BCUT2D eigenvalue weighted by Gasteiger charge is -2.25. The molecule has 1 N–H and O–H groups in total. The van der Waals surface area contributed by atoms with Gasteiger partial charge >= 0.3 is 0 Å². The average molecular weight is 331 g/mol. The summed E-state index contributed by atoms with van der Waals surface area (Å²) in [5, 5.41) is 2.67. The van der Waals surface area contributed by atoms with Crippen LogP contribution in [0.4, 0.5) is 8.78 Å². The van der Waals surface area contributed by atoms with E-state index in [4.69, 9.17) is 0 Å². The van der Waals surface area contributed by atoms with Gasteiger partial charge in [0, 0.05) is 30.6 Å². The van der Waals surface area contributed by atoms with E-state index in [0.717, 1.165) is 5.56 Å². The largest absolute Gasteiger partial charge is 0.351 e. The van der Waals surface area contributed by atoms with Crippen molar-refractivity contribution in [3.8, 4) is 0 Å². The summed E-state index contributed by atoms with van der Waals surface area (Å²) in [5.41, 5.74) is 0.783. The van der Waals surface area contributed by atoms with E-state index in [2.05, 4.69) is 10.3 Å². The maximum absolute atomic E-state index is 14.0. The van der Waals surface area contributed by atoms with Gasteiger partial charge in [-0.25, -0.2) is 8.78 Å². The molecule has 2 rings (SSSR count). The number of carbonyl (C=O) groups is 1. The van der Waals surface area contributed by atoms with E-state index in [0.29, 0.717) is 0 Å². The molecule has 1 atom stereocenters. The Hall–Kier alpha value is -2.60. The van der Waals surface area contributed by atoms with Crippen molar-refractivity contribution in [1.82, 2.24) is 15.2 Å². The Bertz CT molecular complexity index is 697. The fraction of sp³-hybridized carbons (Fsp3) is 0.222. The van der Waals surface area contributed by atoms with Crippen LogP contribution in [0.15, 0.2) is 48.8 Å². The van der Waals surface area contributed by atoms with Crippen molar-refractivity contribution in [3.63, 3.8) is 0 Å². The number of halogens is 2. The number of likely N-dealkylation sites (N-methyl/N-ethyl adjacent to an activating group) is 1. The van der Waals surface area contributed by atoms with Gasteiger partial charge in [0.1, 0.15) is 11.6 Å². The van der Waals surface area contributed by atoms with E-state index in [1.807, 2.05) is 0 Å². The first kappa shape index (κ1) is 17.7. The molecule has 0 unspecified atom stereocenters. The molecule has 126 valence electrons. The number of pyridine rings is 1. The first-order chi connectivity index (χ1) is 11.5. The Morgan fingerprint density at radius 1 is 1.21 bits per heavy atom. The van der Waals surface area contributed by atoms with E-state index < -0.39 is 17.7 Å². The van der Waals surface area contributed by atoms with Crippen LogP contribution in [-0.4, -0.2) is 36.4 Å². The molecule has 0 aliphatic heterocycles. The third-order valence-corrected chi connectivity index (χ3v) is 3.56. The molecule has 0 bridgehead atoms. The van der Waals surface area contributed by atoms with E-state index in [1.54, 1.807) is 49.6 Å². The lowest BCUT2D eigenvalue weighted by atomic mass is 10.0. The van der Waals surface area contributed by atoms with E-state index >= 15 is 0 Å². The van der Waals surface area contributed by atoms with Gasteiger partial charge in [-0.05, 0) is 50.0 Å². The molecular formula is C18H19F2N3O. The topological polar surface area (TPSA) is 45.2 Å². The molecule has 0 spiro atoms. The van der Waals surface area contributed by atoms with Gasteiger partial charge in [-0.1, -0.05) is 6.07 Å². The van der Waals surface area contributed by atoms with Crippen LogP contribution in [0.25, 0.3) is 6.08 Å². The number of nitrogens with zero attached hydrogens (tertiary/aromatic N) is 2. The Morgan fingerprint density at radius 2 is 1.83 bits per heavy atom. The number of benzene rings is 1. The first-order valence-corrected chi connectivity index (χ1v) is 7.45. The lowest BCUT2D eigenvalue weighted by Crippen LogP contribution is -2.34. The van der Waals surface area contributed by atoms with Crippen LogP contribution >= 0.6 is 0 Å². The van der Waals surface area contributed by atoms with Crippen LogP contribution in [0.1, 0.15) is 17.2 Å². The summed E-state index contributed by atoms with van der Waals surface area (Å²) in [6, 6.07) is 6.66. The van der Waals surface area contributed by atoms with Crippen LogP contribution < -0.4 is 5.32 Å². The van der Waals surface area contributed by atoms with Crippen molar-refractivity contribution in [2.45, 2.75) is 6.04 Å². The first-order valence-electron chi connectivity index (χ1n) is 7.45. The molecule has 4 nitrogen and oxygen atoms in total. The molecule has 24 heavy (non-hydrogen) atoms. The monoisotopic (exact) mass is 331 g/mol. The SMILES string of the molecule is CN(C)[C@@H](CNC(=O)/C=C\c1ccncc1)c1c(F)cccc1F. The Labute approximate surface area is 139 Å². The molecule has 0 saturated heterocycles. The van der Waals surface area contributed by atoms with Crippen LogP contribution in [0.2, 0.25) is 0 Å². The number of aromatic nitrogens is 1. The van der Waals surface area contributed by atoms with Crippen molar-refractivity contribution in [2.75, 3.05) is 20.6 Å². The molecule has 1 aromatic heterocycles. The third kappa shape index (κ3) is 4.70. The minimum Gasteiger partial charge on any atom is -0.351 e. The maximum Gasteiger partial charge on any atom is 0.244 e. The van der Waals surface area contributed by atoms with Gasteiger partial charge in [-0.2, -0.15) is 0 Å². The summed E-state index contributed by atoms with van der Waals surface area (Å²) in [6.45, 7) is 0.0877. The molecule has 0 aliphatic rings. The minimum absolute atomic E-state index is 0.0547. The van der Waals surface area contributed by atoms with Gasteiger partial charge in [-0.3, -0.25) is 9.78 Å². The smallest absolute Gasteiger partial charge is 0.244 e. The number of amides is 1. The number of hydrogen-bond acceptors (Lipinski definition) is 3. The zero-order valence-corrected chi connectivity index (χ0v) is 13.5. The van der Waals surface area contributed by atoms with Crippen LogP contribution in [-0.2, 0) is 4.79 Å². The molecular weight excluding hydrogens is 312 g/mol. The summed E-state index contributed by atoms with van der Waals surface area (Å²) in [6.07, 6.45) is 6.27. The quantitative estimate of drug-likeness (QED) is 0.828. The van der Waals surface area contributed by atoms with Crippen molar-refractivity contribution in [3.05, 3.63) is 71.6 Å². The van der Waals surface area contributed by atoms with Crippen LogP contribution in [0, 0.1) is 11.6 Å². The van der Waals surface area contributed by atoms with Crippen LogP contribution in [0.3, 0.4) is 0 Å². The molecule has 6 heteroatoms. The predicted octanol–water partition coefficient (Wildman–Crippen LogP) is 2.79. The van der Waals surface area contributed by atoms with Gasteiger partial charge in [-0.15, -0.1) is 0 Å². The molecule has 2 aromatic rings. The highest BCUT2D eigenvalue weighted by Gasteiger charge is 2.22. The predicted molar refractivity (Wildman–Crippen MR) is 89.1 cm³/mol. The normalized spacial score (nSPS) is 12.5. The fourth-order valence-corrected chi connectivity index (χ4v) is 2.27. The van der Waals surface area contributed by atoms with Crippen molar-refractivity contribution >= 4 is 12.0 Å². The number of rotatable bonds is 6. The molecule has 0 saturated carbocycles. The molecule has 1 amide bonds. The molecule has 1 aromatic carbocycles. The average Bonchev–Trinajstić information content (AvgIpc) is 2.56. The Kier molecular flexibility index (Phi) is 6.14. The molecule has 0 radical (unpaired) electrons. The minimum atomic E-state index is -0.629. The maximum atomic E-state index is 14.0. The summed E-state index contributed by atoms with van der Waals surface area (Å²) in [4.78, 5) is 17.5. The third-order valence-electron chi connectivity index (χ3n) is 3.56. The van der Waals surface area contributed by atoms with E-state index in [-0.39, 0.29) is 18.0 Å². The highest BCUT2D eigenvalue weighted by Crippen LogP contribution is 2.23. The molecule has 0 aliphatic carbocycles. The van der Waals surface area contributed by atoms with E-state index in [1.165, 1.54) is 24.3 Å². The second-order valence-corrected chi connectivity index (χ2v) is 5.47. The second-order valence-electron chi connectivity index (χ2n) is 5.47. The second kappa shape index (κ2) is 8.31. The van der Waals surface area contributed by atoms with Crippen molar-refractivity contribution < 1.29 is 13.6 Å². The van der Waals surface area contributed by atoms with Gasteiger partial charge in [0.15, 0.2) is 0 Å². The Morgan fingerprint density at radius 3 is 2.42 bits per heavy atom. The zero-order chi connectivity index (χ0) is 17.5. The van der Waals surface area contributed by atoms with Crippen LogP contribution in [0.5, 0.6) is 0 Å². The highest BCUT2D eigenvalue weighted by molar-refractivity contribution is 5.91. The molecule has 0 fully saturated rings. The number of hydrogen-bond donors (Lipinski definition) is 1. The molecule has 1 heterocycles. The zero-order valence-electron chi connectivity index (χ0n) is 13.5. The standard InChI is InChI=1S/C18H19F2N3O/c1-23(2)16(18-14(19)4-3-5-15(18)20)12-22-17(24)7-6-13-8-10-21-11-9-13/h3-11,16H,12H2,1-2H3,(H,22,24)/b7-6-/t16-/m0/s1. The Balaban J connectivity index is 2.04. The lowest BCUT2D eigenvalue weighted by molar-refractivity contribution is -0.116. The fourth-order valence-electron chi connectivity index (χ4n) is 2.27. The van der Waals surface area contributed by atoms with Crippen molar-refractivity contribution in [1.29, 1.82) is 0 Å². The van der Waals surface area contributed by atoms with E-state index in [9.17, 15) is 13.6 Å². The summed E-state index contributed by atoms with van der Waals surface area (Å²) >= 11 is 0. The highest BCUT2D eigenvalue weighted by atomic mass is 19.1. The van der Waals surface area contributed by atoms with Gasteiger partial charge in [0.05, 0.1) is 6.04 Å². The van der Waals surface area contributed by atoms with Gasteiger partial charge in [0.25, 0.3) is 0 Å². The van der Waals surface area contributed by atoms with Gasteiger partial charge in [0.2, 0.25) is 5.91 Å². The van der Waals surface area contributed by atoms with Gasteiger partial charge < -0.3 is 10.2 Å². The number of nitrogens with one attached hydrogen (secondary N) is 1. The summed E-state index contributed by atoms with van der Waals surface area (Å²) in [5.74, 6) is -1.60. The number of carbonyl (C=O) groups excluding carboxylic acids is 1.